The minimum Gasteiger partial charge on any atom is -0.399 e. The van der Waals surface area contributed by atoms with Crippen molar-refractivity contribution in [3.05, 3.63) is 97.1 Å². The Labute approximate surface area is 164 Å². The second kappa shape index (κ2) is 7.76. The van der Waals surface area contributed by atoms with Crippen LogP contribution in [0, 0.1) is 0 Å². The number of hydrogen-bond acceptors (Lipinski definition) is 4. The number of nitrogens with zero attached hydrogens (tertiary/aromatic N) is 2. The summed E-state index contributed by atoms with van der Waals surface area (Å²) < 4.78 is 0. The molecular formula is C24H20N4. The number of rotatable bonds is 4. The predicted octanol–water partition coefficient (Wildman–Crippen LogP) is 6.60. The first-order chi connectivity index (χ1) is 13.7. The Balaban J connectivity index is 1.66. The van der Waals surface area contributed by atoms with E-state index in [4.69, 9.17) is 11.5 Å². The normalized spacial score (nSPS) is 11.0. The second-order valence-corrected chi connectivity index (χ2v) is 6.51. The molecule has 4 nitrogen and oxygen atoms in total. The van der Waals surface area contributed by atoms with Gasteiger partial charge in [-0.15, -0.1) is 0 Å². The lowest BCUT2D eigenvalue weighted by atomic mass is 9.94. The number of nitrogen functional groups attached to an aromatic ring is 2. The Hall–Kier alpha value is -3.92. The fourth-order valence-corrected chi connectivity index (χ4v) is 3.03. The third-order valence-corrected chi connectivity index (χ3v) is 4.48. The Bertz CT molecular complexity index is 1100. The zero-order valence-electron chi connectivity index (χ0n) is 15.3. The summed E-state index contributed by atoms with van der Waals surface area (Å²) in [6.45, 7) is 0. The van der Waals surface area contributed by atoms with Crippen LogP contribution >= 0.6 is 0 Å². The minimum absolute atomic E-state index is 0.724. The van der Waals surface area contributed by atoms with Gasteiger partial charge in [0.05, 0.1) is 11.4 Å². The quantitative estimate of drug-likeness (QED) is 0.316. The summed E-state index contributed by atoms with van der Waals surface area (Å²) in [6.07, 6.45) is 0. The molecule has 0 aliphatic carbocycles. The van der Waals surface area contributed by atoms with Gasteiger partial charge in [0.2, 0.25) is 0 Å². The molecule has 0 saturated heterocycles. The highest BCUT2D eigenvalue weighted by atomic mass is 15.1. The van der Waals surface area contributed by atoms with Crippen LogP contribution in [-0.2, 0) is 0 Å². The Morgan fingerprint density at radius 2 is 1.00 bits per heavy atom. The van der Waals surface area contributed by atoms with Crippen molar-refractivity contribution in [1.82, 2.24) is 0 Å². The first-order valence-corrected chi connectivity index (χ1v) is 9.02. The fraction of sp³-hybridized carbons (Fsp3) is 0. The van der Waals surface area contributed by atoms with Crippen LogP contribution in [0.25, 0.3) is 22.3 Å². The van der Waals surface area contributed by atoms with E-state index in [1.807, 2.05) is 97.1 Å². The van der Waals surface area contributed by atoms with Gasteiger partial charge in [0, 0.05) is 11.4 Å². The molecule has 0 heterocycles. The van der Waals surface area contributed by atoms with E-state index in [1.54, 1.807) is 0 Å². The second-order valence-electron chi connectivity index (χ2n) is 6.51. The largest absolute Gasteiger partial charge is 0.399 e. The maximum Gasteiger partial charge on any atom is 0.0857 e. The topological polar surface area (TPSA) is 76.8 Å². The molecule has 0 aliphatic heterocycles. The SMILES string of the molecule is Nc1ccc(-c2ccc(N)cc2-c2ccc(N=Nc3ccccc3)cc2)cc1. The average molecular weight is 364 g/mol. The number of hydrogen-bond donors (Lipinski definition) is 2. The Morgan fingerprint density at radius 3 is 1.68 bits per heavy atom. The maximum atomic E-state index is 6.06. The van der Waals surface area contributed by atoms with E-state index < -0.39 is 0 Å². The van der Waals surface area contributed by atoms with E-state index in [2.05, 4.69) is 10.2 Å². The molecule has 4 heteroatoms. The van der Waals surface area contributed by atoms with Crippen molar-refractivity contribution in [2.45, 2.75) is 0 Å². The molecule has 0 unspecified atom stereocenters. The molecule has 0 radical (unpaired) electrons. The minimum atomic E-state index is 0.724. The van der Waals surface area contributed by atoms with Crippen molar-refractivity contribution in [2.75, 3.05) is 11.5 Å². The van der Waals surface area contributed by atoms with Crippen LogP contribution in [0.3, 0.4) is 0 Å². The molecule has 0 amide bonds. The Kier molecular flexibility index (Phi) is 4.85. The van der Waals surface area contributed by atoms with E-state index >= 15 is 0 Å². The zero-order valence-corrected chi connectivity index (χ0v) is 15.3. The van der Waals surface area contributed by atoms with Crippen molar-refractivity contribution >= 4 is 22.7 Å². The summed E-state index contributed by atoms with van der Waals surface area (Å²) in [4.78, 5) is 0. The molecule has 0 atom stereocenters. The standard InChI is InChI=1S/C24H20N4/c25-19-10-6-17(7-11-19)23-15-12-20(26)16-24(23)18-8-13-22(14-9-18)28-27-21-4-2-1-3-5-21/h1-16H,25-26H2. The fourth-order valence-electron chi connectivity index (χ4n) is 3.03. The molecule has 4 aromatic carbocycles. The van der Waals surface area contributed by atoms with Crippen LogP contribution in [0.15, 0.2) is 107 Å². The lowest BCUT2D eigenvalue weighted by molar-refractivity contribution is 1.23. The summed E-state index contributed by atoms with van der Waals surface area (Å²) in [5, 5.41) is 8.57. The first-order valence-electron chi connectivity index (χ1n) is 9.02. The smallest absolute Gasteiger partial charge is 0.0857 e. The van der Waals surface area contributed by atoms with Gasteiger partial charge in [0.25, 0.3) is 0 Å². The van der Waals surface area contributed by atoms with Crippen LogP contribution in [0.5, 0.6) is 0 Å². The number of anilines is 2. The molecule has 4 rings (SSSR count). The van der Waals surface area contributed by atoms with Crippen LogP contribution in [0.1, 0.15) is 0 Å². The van der Waals surface area contributed by atoms with E-state index in [1.165, 1.54) is 0 Å². The predicted molar refractivity (Wildman–Crippen MR) is 117 cm³/mol. The van der Waals surface area contributed by atoms with Gasteiger partial charge < -0.3 is 11.5 Å². The van der Waals surface area contributed by atoms with Crippen LogP contribution in [-0.4, -0.2) is 0 Å². The monoisotopic (exact) mass is 364 g/mol. The molecule has 0 fully saturated rings. The van der Waals surface area contributed by atoms with Crippen molar-refractivity contribution in [3.63, 3.8) is 0 Å². The van der Waals surface area contributed by atoms with E-state index in [9.17, 15) is 0 Å². The first kappa shape index (κ1) is 17.5. The number of benzene rings is 4. The number of azo groups is 1. The lowest BCUT2D eigenvalue weighted by Gasteiger charge is -2.12. The van der Waals surface area contributed by atoms with Gasteiger partial charge in [-0.3, -0.25) is 0 Å². The van der Waals surface area contributed by atoms with Crippen LogP contribution in [0.2, 0.25) is 0 Å². The van der Waals surface area contributed by atoms with Crippen molar-refractivity contribution < 1.29 is 0 Å². The molecule has 0 aromatic heterocycles. The summed E-state index contributed by atoms with van der Waals surface area (Å²) in [7, 11) is 0. The van der Waals surface area contributed by atoms with Gasteiger partial charge in [0.15, 0.2) is 0 Å². The van der Waals surface area contributed by atoms with Gasteiger partial charge in [-0.2, -0.15) is 10.2 Å². The van der Waals surface area contributed by atoms with Crippen LogP contribution in [0.4, 0.5) is 22.7 Å². The summed E-state index contributed by atoms with van der Waals surface area (Å²) in [5.41, 5.74) is 19.3. The molecule has 0 saturated carbocycles. The zero-order chi connectivity index (χ0) is 19.3. The molecule has 4 aromatic rings. The Morgan fingerprint density at radius 1 is 0.464 bits per heavy atom. The van der Waals surface area contributed by atoms with Crippen molar-refractivity contribution in [3.8, 4) is 22.3 Å². The highest BCUT2D eigenvalue weighted by Gasteiger charge is 2.08. The van der Waals surface area contributed by atoms with Gasteiger partial charge >= 0.3 is 0 Å². The van der Waals surface area contributed by atoms with Gasteiger partial charge in [0.1, 0.15) is 0 Å². The van der Waals surface area contributed by atoms with Gasteiger partial charge in [-0.1, -0.05) is 48.5 Å². The average Bonchev–Trinajstić information content (AvgIpc) is 2.74. The maximum absolute atomic E-state index is 6.06. The van der Waals surface area contributed by atoms with Crippen molar-refractivity contribution in [2.24, 2.45) is 10.2 Å². The molecular weight excluding hydrogens is 344 g/mol. The molecule has 4 N–H and O–H groups in total. The number of nitrogens with two attached hydrogens (primary N) is 2. The van der Waals surface area contributed by atoms with Gasteiger partial charge in [-0.05, 0) is 70.8 Å². The van der Waals surface area contributed by atoms with E-state index in [-0.39, 0.29) is 0 Å². The van der Waals surface area contributed by atoms with E-state index in [0.717, 1.165) is 45.0 Å². The molecule has 0 spiro atoms. The third kappa shape index (κ3) is 3.91. The molecule has 28 heavy (non-hydrogen) atoms. The highest BCUT2D eigenvalue weighted by Crippen LogP contribution is 2.35. The molecule has 0 aliphatic rings. The van der Waals surface area contributed by atoms with Crippen LogP contribution < -0.4 is 11.5 Å². The third-order valence-electron chi connectivity index (χ3n) is 4.48. The van der Waals surface area contributed by atoms with E-state index in [0.29, 0.717) is 0 Å². The molecule has 0 bridgehead atoms. The summed E-state index contributed by atoms with van der Waals surface area (Å²) >= 11 is 0. The van der Waals surface area contributed by atoms with Gasteiger partial charge in [-0.25, -0.2) is 0 Å². The summed E-state index contributed by atoms with van der Waals surface area (Å²) in [5.74, 6) is 0. The molecule has 136 valence electrons. The highest BCUT2D eigenvalue weighted by molar-refractivity contribution is 5.86. The summed E-state index contributed by atoms with van der Waals surface area (Å²) in [6, 6.07) is 31.5. The lowest BCUT2D eigenvalue weighted by Crippen LogP contribution is -1.90. The van der Waals surface area contributed by atoms with Crippen molar-refractivity contribution in [1.29, 1.82) is 0 Å².